The van der Waals surface area contributed by atoms with E-state index in [1.807, 2.05) is 0 Å². The number of halogens is 1. The van der Waals surface area contributed by atoms with Gasteiger partial charge in [-0.1, -0.05) is 6.07 Å². The van der Waals surface area contributed by atoms with Gasteiger partial charge in [-0.3, -0.25) is 14.4 Å². The number of benzene rings is 1. The monoisotopic (exact) mass is 350 g/mol. The van der Waals surface area contributed by atoms with Crippen LogP contribution in [0.15, 0.2) is 24.3 Å². The van der Waals surface area contributed by atoms with Crippen LogP contribution in [0.3, 0.4) is 0 Å². The van der Waals surface area contributed by atoms with E-state index in [1.165, 1.54) is 18.2 Å². The number of carbonyl (C=O) groups excluding carboxylic acids is 3. The summed E-state index contributed by atoms with van der Waals surface area (Å²) in [7, 11) is 0. The molecule has 7 heteroatoms. The van der Waals surface area contributed by atoms with Gasteiger partial charge in [-0.2, -0.15) is 0 Å². The van der Waals surface area contributed by atoms with E-state index in [-0.39, 0.29) is 36.7 Å². The first-order chi connectivity index (χ1) is 12.0. The van der Waals surface area contributed by atoms with Crippen molar-refractivity contribution < 1.29 is 23.5 Å². The number of esters is 1. The van der Waals surface area contributed by atoms with Crippen LogP contribution in [0.4, 0.5) is 4.39 Å². The van der Waals surface area contributed by atoms with Gasteiger partial charge in [-0.05, 0) is 38.0 Å². The molecule has 0 aromatic heterocycles. The Morgan fingerprint density at radius 2 is 1.96 bits per heavy atom. The van der Waals surface area contributed by atoms with Crippen LogP contribution in [0.1, 0.15) is 43.0 Å². The van der Waals surface area contributed by atoms with Crippen LogP contribution in [-0.2, 0) is 14.3 Å². The van der Waals surface area contributed by atoms with Crippen molar-refractivity contribution in [1.29, 1.82) is 0 Å². The third kappa shape index (κ3) is 5.85. The van der Waals surface area contributed by atoms with Gasteiger partial charge in [-0.15, -0.1) is 0 Å². The summed E-state index contributed by atoms with van der Waals surface area (Å²) >= 11 is 0. The van der Waals surface area contributed by atoms with Crippen LogP contribution in [0.2, 0.25) is 0 Å². The minimum Gasteiger partial charge on any atom is -0.466 e. The number of ether oxygens (including phenoxy) is 1. The fraction of sp³-hybridized carbons (Fsp3) is 0.500. The van der Waals surface area contributed by atoms with Crippen LogP contribution in [-0.4, -0.2) is 48.4 Å². The van der Waals surface area contributed by atoms with Crippen LogP contribution in [0.25, 0.3) is 0 Å². The molecule has 1 aliphatic rings. The van der Waals surface area contributed by atoms with Gasteiger partial charge in [0, 0.05) is 31.1 Å². The molecule has 1 aromatic carbocycles. The molecular weight excluding hydrogens is 327 g/mol. The largest absolute Gasteiger partial charge is 0.466 e. The number of likely N-dealkylation sites (tertiary alicyclic amines) is 1. The molecule has 2 amide bonds. The minimum absolute atomic E-state index is 0.0220. The topological polar surface area (TPSA) is 75.7 Å². The standard InChI is InChI=1S/C18H23FN2O4/c1-2-25-17(23)7-6-16(22)20-15-8-10-21(11-9-15)18(24)13-4-3-5-14(19)12-13/h3-5,12,15H,2,6-11H2,1H3,(H,20,22). The summed E-state index contributed by atoms with van der Waals surface area (Å²) in [6.45, 7) is 3.02. The predicted molar refractivity (Wildman–Crippen MR) is 89.3 cm³/mol. The van der Waals surface area contributed by atoms with Crippen LogP contribution in [0.5, 0.6) is 0 Å². The van der Waals surface area contributed by atoms with Crippen LogP contribution < -0.4 is 5.32 Å². The van der Waals surface area contributed by atoms with Gasteiger partial charge in [0.2, 0.25) is 5.91 Å². The molecule has 0 saturated carbocycles. The smallest absolute Gasteiger partial charge is 0.306 e. The quantitative estimate of drug-likeness (QED) is 0.795. The summed E-state index contributed by atoms with van der Waals surface area (Å²) in [5.41, 5.74) is 0.330. The minimum atomic E-state index is -0.436. The van der Waals surface area contributed by atoms with Gasteiger partial charge in [0.1, 0.15) is 5.82 Å². The summed E-state index contributed by atoms with van der Waals surface area (Å²) in [6, 6.07) is 5.61. The van der Waals surface area contributed by atoms with Crippen LogP contribution >= 0.6 is 0 Å². The number of piperidine rings is 1. The van der Waals surface area contributed by atoms with Gasteiger partial charge < -0.3 is 15.0 Å². The molecule has 1 fully saturated rings. The van der Waals surface area contributed by atoms with E-state index in [4.69, 9.17) is 4.74 Å². The third-order valence-electron chi connectivity index (χ3n) is 4.08. The normalized spacial score (nSPS) is 14.9. The zero-order chi connectivity index (χ0) is 18.2. The first kappa shape index (κ1) is 18.9. The first-order valence-corrected chi connectivity index (χ1v) is 8.49. The molecule has 6 nitrogen and oxygen atoms in total. The molecule has 1 aliphatic heterocycles. The predicted octanol–water partition coefficient (Wildman–Crippen LogP) is 1.89. The van der Waals surface area contributed by atoms with Crippen molar-refractivity contribution in [2.45, 2.75) is 38.6 Å². The number of amides is 2. The lowest BCUT2D eigenvalue weighted by atomic mass is 10.0. The first-order valence-electron chi connectivity index (χ1n) is 8.49. The second-order valence-corrected chi connectivity index (χ2v) is 5.95. The second-order valence-electron chi connectivity index (χ2n) is 5.95. The molecule has 0 bridgehead atoms. The Hall–Kier alpha value is -2.44. The molecule has 136 valence electrons. The lowest BCUT2D eigenvalue weighted by molar-refractivity contribution is -0.144. The number of nitrogens with one attached hydrogen (secondary N) is 1. The molecule has 25 heavy (non-hydrogen) atoms. The number of carbonyl (C=O) groups is 3. The molecule has 1 aromatic rings. The van der Waals surface area contributed by atoms with Gasteiger partial charge in [0.05, 0.1) is 13.0 Å². The van der Waals surface area contributed by atoms with Crippen molar-refractivity contribution in [3.05, 3.63) is 35.6 Å². The Balaban J connectivity index is 1.75. The molecule has 0 radical (unpaired) electrons. The Kier molecular flexibility index (Phi) is 6.91. The number of hydrogen-bond donors (Lipinski definition) is 1. The van der Waals surface area contributed by atoms with E-state index in [2.05, 4.69) is 5.32 Å². The van der Waals surface area contributed by atoms with Crippen LogP contribution in [0, 0.1) is 5.82 Å². The average Bonchev–Trinajstić information content (AvgIpc) is 2.60. The highest BCUT2D eigenvalue weighted by Gasteiger charge is 2.24. The SMILES string of the molecule is CCOC(=O)CCC(=O)NC1CCN(C(=O)c2cccc(F)c2)CC1. The van der Waals surface area contributed by atoms with Crippen molar-refractivity contribution >= 4 is 17.8 Å². The second kappa shape index (κ2) is 9.15. The van der Waals surface area contributed by atoms with Crippen molar-refractivity contribution in [2.75, 3.05) is 19.7 Å². The average molecular weight is 350 g/mol. The number of nitrogens with zero attached hydrogens (tertiary/aromatic N) is 1. The highest BCUT2D eigenvalue weighted by Crippen LogP contribution is 2.15. The molecule has 0 spiro atoms. The molecule has 2 rings (SSSR count). The Morgan fingerprint density at radius 1 is 1.24 bits per heavy atom. The Labute approximate surface area is 146 Å². The van der Waals surface area contributed by atoms with E-state index >= 15 is 0 Å². The molecule has 0 unspecified atom stereocenters. The number of rotatable bonds is 6. The van der Waals surface area contributed by atoms with Gasteiger partial charge in [0.25, 0.3) is 5.91 Å². The Morgan fingerprint density at radius 3 is 2.60 bits per heavy atom. The highest BCUT2D eigenvalue weighted by molar-refractivity contribution is 5.94. The lowest BCUT2D eigenvalue weighted by Crippen LogP contribution is -2.46. The lowest BCUT2D eigenvalue weighted by Gasteiger charge is -2.32. The van der Waals surface area contributed by atoms with Crippen molar-refractivity contribution in [3.8, 4) is 0 Å². The molecule has 1 N–H and O–H groups in total. The highest BCUT2D eigenvalue weighted by atomic mass is 19.1. The fourth-order valence-electron chi connectivity index (χ4n) is 2.78. The zero-order valence-corrected chi connectivity index (χ0v) is 14.3. The number of hydrogen-bond acceptors (Lipinski definition) is 4. The van der Waals surface area contributed by atoms with Gasteiger partial charge >= 0.3 is 5.97 Å². The summed E-state index contributed by atoms with van der Waals surface area (Å²) in [6.07, 6.45) is 1.43. The summed E-state index contributed by atoms with van der Waals surface area (Å²) < 4.78 is 18.0. The molecule has 1 saturated heterocycles. The molecule has 0 atom stereocenters. The summed E-state index contributed by atoms with van der Waals surface area (Å²) in [5, 5.41) is 2.88. The van der Waals surface area contributed by atoms with E-state index in [9.17, 15) is 18.8 Å². The zero-order valence-electron chi connectivity index (χ0n) is 14.3. The molecule has 1 heterocycles. The van der Waals surface area contributed by atoms with E-state index < -0.39 is 5.82 Å². The summed E-state index contributed by atoms with van der Waals surface area (Å²) in [4.78, 5) is 37.1. The maximum Gasteiger partial charge on any atom is 0.306 e. The summed E-state index contributed by atoms with van der Waals surface area (Å²) in [5.74, 6) is -1.21. The molecular formula is C18H23FN2O4. The fourth-order valence-corrected chi connectivity index (χ4v) is 2.78. The van der Waals surface area contributed by atoms with E-state index in [1.54, 1.807) is 17.9 Å². The van der Waals surface area contributed by atoms with E-state index in [0.29, 0.717) is 38.1 Å². The van der Waals surface area contributed by atoms with Gasteiger partial charge in [0.15, 0.2) is 0 Å². The van der Waals surface area contributed by atoms with Crippen molar-refractivity contribution in [1.82, 2.24) is 10.2 Å². The maximum absolute atomic E-state index is 13.2. The maximum atomic E-state index is 13.2. The Bertz CT molecular complexity index is 627. The molecule has 0 aliphatic carbocycles. The van der Waals surface area contributed by atoms with Gasteiger partial charge in [-0.25, -0.2) is 4.39 Å². The third-order valence-corrected chi connectivity index (χ3v) is 4.08. The van der Waals surface area contributed by atoms with Crippen molar-refractivity contribution in [2.24, 2.45) is 0 Å². The van der Waals surface area contributed by atoms with Crippen molar-refractivity contribution in [3.63, 3.8) is 0 Å². The van der Waals surface area contributed by atoms with E-state index in [0.717, 1.165) is 0 Å².